The van der Waals surface area contributed by atoms with Crippen LogP contribution in [0.2, 0.25) is 0 Å². The number of hydrogen-bond acceptors (Lipinski definition) is 1. The molecule has 0 amide bonds. The summed E-state index contributed by atoms with van der Waals surface area (Å²) in [6, 6.07) is 13.0. The minimum Gasteiger partial charge on any atom is -0.358 e. The largest absolute Gasteiger partial charge is 0.358 e. The van der Waals surface area contributed by atoms with E-state index in [0.29, 0.717) is 5.92 Å². The van der Waals surface area contributed by atoms with Crippen LogP contribution in [-0.2, 0) is 12.8 Å². The van der Waals surface area contributed by atoms with Crippen LogP contribution in [0.3, 0.4) is 0 Å². The lowest BCUT2D eigenvalue weighted by Crippen LogP contribution is -2.09. The zero-order valence-electron chi connectivity index (χ0n) is 12.9. The number of H-pyrrole nitrogens is 1. The first-order chi connectivity index (χ1) is 10.9. The molecule has 0 spiro atoms. The van der Waals surface area contributed by atoms with E-state index in [1.54, 1.807) is 5.56 Å². The number of fused-ring (bicyclic) bond motifs is 3. The summed E-state index contributed by atoms with van der Waals surface area (Å²) in [5, 5.41) is 1.44. The predicted molar refractivity (Wildman–Crippen MR) is 91.2 cm³/mol. The normalized spacial score (nSPS) is 17.5. The van der Waals surface area contributed by atoms with Crippen LogP contribution in [0.5, 0.6) is 0 Å². The molecule has 2 heterocycles. The standard InChI is InChI=1S/C20H22N2/c1-2-12-19-17(10-1)18-11-4-9-16(20(18)22-19)8-3-6-15-7-5-13-21-14-15/h1-2,5,7,10,12-14,16,22H,3-4,6,8-9,11H2. The minimum atomic E-state index is 0.702. The molecular formula is C20H22N2. The van der Waals surface area contributed by atoms with Crippen LogP contribution in [0.25, 0.3) is 10.9 Å². The zero-order chi connectivity index (χ0) is 14.8. The number of aryl methyl sites for hydroxylation is 2. The third kappa shape index (κ3) is 2.54. The first-order valence-corrected chi connectivity index (χ1v) is 8.40. The van der Waals surface area contributed by atoms with E-state index in [1.807, 2.05) is 18.5 Å². The Morgan fingerprint density at radius 2 is 2.09 bits per heavy atom. The van der Waals surface area contributed by atoms with Crippen molar-refractivity contribution in [3.8, 4) is 0 Å². The van der Waals surface area contributed by atoms with Crippen molar-refractivity contribution in [2.45, 2.75) is 44.4 Å². The maximum Gasteiger partial charge on any atom is 0.0459 e. The van der Waals surface area contributed by atoms with Gasteiger partial charge < -0.3 is 4.98 Å². The third-order valence-electron chi connectivity index (χ3n) is 4.98. The fourth-order valence-corrected chi connectivity index (χ4v) is 3.90. The Hall–Kier alpha value is -2.09. The number of benzene rings is 1. The monoisotopic (exact) mass is 290 g/mol. The Balaban J connectivity index is 1.50. The van der Waals surface area contributed by atoms with Gasteiger partial charge >= 0.3 is 0 Å². The van der Waals surface area contributed by atoms with Crippen molar-refractivity contribution < 1.29 is 0 Å². The molecule has 0 bridgehead atoms. The number of rotatable bonds is 4. The number of aromatic amines is 1. The van der Waals surface area contributed by atoms with E-state index < -0.39 is 0 Å². The van der Waals surface area contributed by atoms with Gasteiger partial charge in [0.05, 0.1) is 0 Å². The molecule has 0 fully saturated rings. The molecule has 1 unspecified atom stereocenters. The van der Waals surface area contributed by atoms with Gasteiger partial charge in [0.2, 0.25) is 0 Å². The van der Waals surface area contributed by atoms with Gasteiger partial charge in [0.25, 0.3) is 0 Å². The molecule has 4 rings (SSSR count). The molecule has 2 aromatic heterocycles. The molecule has 1 aliphatic rings. The van der Waals surface area contributed by atoms with Gasteiger partial charge in [-0.05, 0) is 67.7 Å². The topological polar surface area (TPSA) is 28.7 Å². The van der Waals surface area contributed by atoms with Gasteiger partial charge in [-0.1, -0.05) is 24.3 Å². The quantitative estimate of drug-likeness (QED) is 0.719. The maximum atomic E-state index is 4.21. The summed E-state index contributed by atoms with van der Waals surface area (Å²) in [6.07, 6.45) is 11.4. The molecule has 2 nitrogen and oxygen atoms in total. The van der Waals surface area contributed by atoms with E-state index in [4.69, 9.17) is 0 Å². The highest BCUT2D eigenvalue weighted by molar-refractivity contribution is 5.85. The fourth-order valence-electron chi connectivity index (χ4n) is 3.90. The van der Waals surface area contributed by atoms with Crippen LogP contribution < -0.4 is 0 Å². The molecule has 1 aromatic carbocycles. The highest BCUT2D eigenvalue weighted by Crippen LogP contribution is 2.38. The van der Waals surface area contributed by atoms with Crippen molar-refractivity contribution in [2.24, 2.45) is 0 Å². The second-order valence-corrected chi connectivity index (χ2v) is 6.41. The summed E-state index contributed by atoms with van der Waals surface area (Å²) in [6.45, 7) is 0. The van der Waals surface area contributed by atoms with E-state index >= 15 is 0 Å². The van der Waals surface area contributed by atoms with Crippen molar-refractivity contribution >= 4 is 10.9 Å². The molecular weight excluding hydrogens is 268 g/mol. The lowest BCUT2D eigenvalue weighted by Gasteiger charge is -2.22. The summed E-state index contributed by atoms with van der Waals surface area (Å²) in [4.78, 5) is 7.91. The zero-order valence-corrected chi connectivity index (χ0v) is 12.9. The SMILES string of the molecule is c1cncc(CCCC2CCCc3c2[nH]c2ccccc32)c1. The van der Waals surface area contributed by atoms with Crippen molar-refractivity contribution in [1.82, 2.24) is 9.97 Å². The molecule has 0 aliphatic heterocycles. The number of pyridine rings is 1. The van der Waals surface area contributed by atoms with Gasteiger partial charge in [-0.3, -0.25) is 4.98 Å². The van der Waals surface area contributed by atoms with Crippen molar-refractivity contribution in [2.75, 3.05) is 0 Å². The highest BCUT2D eigenvalue weighted by atomic mass is 14.7. The van der Waals surface area contributed by atoms with E-state index in [0.717, 1.165) is 6.42 Å². The molecule has 0 saturated carbocycles. The molecule has 0 radical (unpaired) electrons. The van der Waals surface area contributed by atoms with Gasteiger partial charge in [-0.25, -0.2) is 0 Å². The van der Waals surface area contributed by atoms with E-state index in [1.165, 1.54) is 54.3 Å². The first-order valence-electron chi connectivity index (χ1n) is 8.40. The number of nitrogens with zero attached hydrogens (tertiary/aromatic N) is 1. The van der Waals surface area contributed by atoms with Crippen LogP contribution in [0.4, 0.5) is 0 Å². The molecule has 22 heavy (non-hydrogen) atoms. The van der Waals surface area contributed by atoms with E-state index in [-0.39, 0.29) is 0 Å². The van der Waals surface area contributed by atoms with Crippen molar-refractivity contribution in [3.63, 3.8) is 0 Å². The summed E-state index contributed by atoms with van der Waals surface area (Å²) in [5.74, 6) is 0.702. The molecule has 1 atom stereocenters. The van der Waals surface area contributed by atoms with Crippen LogP contribution in [0.1, 0.15) is 48.4 Å². The average Bonchev–Trinajstić information content (AvgIpc) is 2.96. The molecule has 3 aromatic rings. The lowest BCUT2D eigenvalue weighted by molar-refractivity contribution is 0.497. The Bertz CT molecular complexity index is 758. The second kappa shape index (κ2) is 5.96. The molecule has 112 valence electrons. The predicted octanol–water partition coefficient (Wildman–Crippen LogP) is 5.01. The van der Waals surface area contributed by atoms with Crippen LogP contribution >= 0.6 is 0 Å². The van der Waals surface area contributed by atoms with Crippen molar-refractivity contribution in [3.05, 3.63) is 65.6 Å². The van der Waals surface area contributed by atoms with Crippen LogP contribution in [0.15, 0.2) is 48.8 Å². The van der Waals surface area contributed by atoms with Crippen molar-refractivity contribution in [1.29, 1.82) is 0 Å². The Labute approximate surface area is 131 Å². The number of hydrogen-bond donors (Lipinski definition) is 1. The lowest BCUT2D eigenvalue weighted by atomic mass is 9.83. The summed E-state index contributed by atoms with van der Waals surface area (Å²) >= 11 is 0. The van der Waals surface area contributed by atoms with E-state index in [2.05, 4.69) is 40.3 Å². The fraction of sp³-hybridized carbons (Fsp3) is 0.350. The van der Waals surface area contributed by atoms with Gasteiger partial charge in [0.15, 0.2) is 0 Å². The van der Waals surface area contributed by atoms with Gasteiger partial charge in [-0.15, -0.1) is 0 Å². The highest BCUT2D eigenvalue weighted by Gasteiger charge is 2.23. The average molecular weight is 290 g/mol. The first kappa shape index (κ1) is 13.6. The Kier molecular flexibility index (Phi) is 3.67. The summed E-state index contributed by atoms with van der Waals surface area (Å²) in [5.41, 5.74) is 5.76. The third-order valence-corrected chi connectivity index (χ3v) is 4.98. The smallest absolute Gasteiger partial charge is 0.0459 e. The summed E-state index contributed by atoms with van der Waals surface area (Å²) < 4.78 is 0. The molecule has 0 saturated heterocycles. The molecule has 1 aliphatic carbocycles. The number of nitrogens with one attached hydrogen (secondary N) is 1. The van der Waals surface area contributed by atoms with E-state index in [9.17, 15) is 0 Å². The Morgan fingerprint density at radius 3 is 3.00 bits per heavy atom. The molecule has 1 N–H and O–H groups in total. The van der Waals surface area contributed by atoms with Gasteiger partial charge in [0.1, 0.15) is 0 Å². The second-order valence-electron chi connectivity index (χ2n) is 6.41. The van der Waals surface area contributed by atoms with Gasteiger partial charge in [-0.2, -0.15) is 0 Å². The minimum absolute atomic E-state index is 0.702. The number of para-hydroxylation sites is 1. The van der Waals surface area contributed by atoms with Crippen LogP contribution in [-0.4, -0.2) is 9.97 Å². The maximum absolute atomic E-state index is 4.21. The van der Waals surface area contributed by atoms with Crippen LogP contribution in [0, 0.1) is 0 Å². The Morgan fingerprint density at radius 1 is 1.14 bits per heavy atom. The van der Waals surface area contributed by atoms with Gasteiger partial charge in [0, 0.05) is 29.0 Å². The summed E-state index contributed by atoms with van der Waals surface area (Å²) in [7, 11) is 0. The number of aromatic nitrogens is 2. The molecule has 2 heteroatoms.